The lowest BCUT2D eigenvalue weighted by molar-refractivity contribution is -0.0728. The number of H-pyrrole nitrogens is 1. The Hall–Kier alpha value is -1.25. The Morgan fingerprint density at radius 2 is 1.97 bits per heavy atom. The molecular formula is C13H17ClN5O12P3S. The molecule has 194 valence electrons. The lowest BCUT2D eigenvalue weighted by atomic mass is 9.97. The normalized spacial score (nSPS) is 29.4. The summed E-state index contributed by atoms with van der Waals surface area (Å²) in [4.78, 5) is 45.0. The molecule has 7 atom stereocenters. The molecule has 8 N–H and O–H groups in total. The largest absolute Gasteiger partial charge is 0.490 e. The van der Waals surface area contributed by atoms with Gasteiger partial charge in [0.1, 0.15) is 22.4 Å². The fourth-order valence-corrected chi connectivity index (χ4v) is 6.91. The summed E-state index contributed by atoms with van der Waals surface area (Å²) in [7, 11) is -16.9. The van der Waals surface area contributed by atoms with E-state index in [1.165, 1.54) is 10.9 Å². The maximum absolute atomic E-state index is 12.2. The molecule has 0 radical (unpaired) electrons. The van der Waals surface area contributed by atoms with Crippen molar-refractivity contribution in [3.05, 3.63) is 11.0 Å². The molecule has 1 aliphatic rings. The van der Waals surface area contributed by atoms with Gasteiger partial charge in [-0.25, -0.2) is 18.7 Å². The number of anilines is 1. The number of nitrogens with two attached hydrogens (primary N) is 1. The van der Waals surface area contributed by atoms with Crippen LogP contribution in [0.1, 0.15) is 13.2 Å². The molecule has 0 amide bonds. The van der Waals surface area contributed by atoms with Crippen molar-refractivity contribution in [3.8, 4) is 12.3 Å². The molecule has 0 saturated carbocycles. The van der Waals surface area contributed by atoms with Crippen LogP contribution in [0, 0.1) is 17.0 Å². The number of alkyl halides is 1. The van der Waals surface area contributed by atoms with Gasteiger partial charge in [-0.15, -0.1) is 6.42 Å². The summed E-state index contributed by atoms with van der Waals surface area (Å²) in [5.41, 5.74) is 5.94. The standard InChI is InChI=1S/C13H17ClN5O12P3S/c1-3-13(14)8(20)7(5(2)29-33(24,25)31-34(26,27)30-32(21,22)23)28-11(13)19-4-16-6-9(19)17-12(15)18-10(6)35/h1,4-5,7-8,11,20H,2H3,(H,24,25)(H,26,27)(H2,21,22,23)(H3,15,17,18,35)/t5-,7-,8+,11-,13?/m1/s1. The number of terminal acetylenes is 1. The molecular weight excluding hydrogens is 579 g/mol. The van der Waals surface area contributed by atoms with Crippen LogP contribution in [0.25, 0.3) is 11.2 Å². The van der Waals surface area contributed by atoms with Gasteiger partial charge in [0.15, 0.2) is 16.7 Å². The molecule has 22 heteroatoms. The highest BCUT2D eigenvalue weighted by Crippen LogP contribution is 2.66. The quantitative estimate of drug-likeness (QED) is 0.0956. The summed E-state index contributed by atoms with van der Waals surface area (Å²) in [5.74, 6) is 2.09. The highest BCUT2D eigenvalue weighted by molar-refractivity contribution is 7.71. The topological polar surface area (TPSA) is 262 Å². The predicted molar refractivity (Wildman–Crippen MR) is 119 cm³/mol. The highest BCUT2D eigenvalue weighted by Gasteiger charge is 2.58. The molecule has 2 aromatic heterocycles. The third-order valence-electron chi connectivity index (χ3n) is 4.49. The number of nitrogen functional groups attached to an aromatic ring is 1. The molecule has 2 aromatic rings. The summed E-state index contributed by atoms with van der Waals surface area (Å²) >= 11 is 11.6. The number of phosphoric acid groups is 3. The number of aromatic nitrogens is 4. The van der Waals surface area contributed by atoms with Gasteiger partial charge in [0.25, 0.3) is 0 Å². The van der Waals surface area contributed by atoms with Crippen molar-refractivity contribution < 1.29 is 56.3 Å². The van der Waals surface area contributed by atoms with E-state index in [-0.39, 0.29) is 21.8 Å². The Morgan fingerprint density at radius 3 is 2.54 bits per heavy atom. The molecule has 3 unspecified atom stereocenters. The monoisotopic (exact) mass is 595 g/mol. The lowest BCUT2D eigenvalue weighted by Gasteiger charge is -2.26. The number of imidazole rings is 1. The number of aromatic amines is 1. The van der Waals surface area contributed by atoms with Crippen molar-refractivity contribution >= 4 is 64.4 Å². The van der Waals surface area contributed by atoms with Crippen molar-refractivity contribution in [1.29, 1.82) is 0 Å². The summed E-state index contributed by atoms with van der Waals surface area (Å²) < 4.78 is 53.5. The van der Waals surface area contributed by atoms with E-state index < -0.39 is 52.9 Å². The lowest BCUT2D eigenvalue weighted by Crippen LogP contribution is -2.43. The van der Waals surface area contributed by atoms with Crippen LogP contribution in [-0.4, -0.2) is 67.4 Å². The minimum Gasteiger partial charge on any atom is -0.387 e. The SMILES string of the molecule is C#CC1(Cl)[C@@H](O)[C@@H]([C@@H](C)OP(=O)(O)OP(=O)(O)OP(=O)(O)O)O[C@H]1n1cnc2c(=S)[nH]c(N)nc21. The zero-order valence-electron chi connectivity index (χ0n) is 17.1. The summed E-state index contributed by atoms with van der Waals surface area (Å²) in [6.07, 6.45) is 0.353. The van der Waals surface area contributed by atoms with Crippen molar-refractivity contribution in [2.24, 2.45) is 0 Å². The van der Waals surface area contributed by atoms with Crippen LogP contribution in [0.3, 0.4) is 0 Å². The van der Waals surface area contributed by atoms with Gasteiger partial charge in [0.05, 0.1) is 12.4 Å². The second-order valence-corrected chi connectivity index (χ2v) is 12.4. The van der Waals surface area contributed by atoms with Crippen LogP contribution in [0.2, 0.25) is 0 Å². The molecule has 3 heterocycles. The van der Waals surface area contributed by atoms with Crippen molar-refractivity contribution in [3.63, 3.8) is 0 Å². The average molecular weight is 596 g/mol. The zero-order valence-corrected chi connectivity index (χ0v) is 21.4. The number of nitrogens with one attached hydrogen (secondary N) is 1. The first-order valence-electron chi connectivity index (χ1n) is 8.94. The van der Waals surface area contributed by atoms with Crippen LogP contribution in [-0.2, 0) is 31.6 Å². The molecule has 17 nitrogen and oxygen atoms in total. The van der Waals surface area contributed by atoms with Crippen molar-refractivity contribution in [2.75, 3.05) is 5.73 Å². The zero-order chi connectivity index (χ0) is 26.6. The Bertz CT molecular complexity index is 1390. The van der Waals surface area contributed by atoms with E-state index in [1.54, 1.807) is 0 Å². The number of ether oxygens (including phenoxy) is 1. The number of nitrogens with zero attached hydrogens (tertiary/aromatic N) is 3. The smallest absolute Gasteiger partial charge is 0.387 e. The van der Waals surface area contributed by atoms with E-state index in [4.69, 9.17) is 55.0 Å². The van der Waals surface area contributed by atoms with Gasteiger partial charge >= 0.3 is 23.5 Å². The summed E-state index contributed by atoms with van der Waals surface area (Å²) in [6.45, 7) is 1.08. The third-order valence-corrected chi connectivity index (χ3v) is 9.23. The van der Waals surface area contributed by atoms with Crippen LogP contribution in [0.4, 0.5) is 5.95 Å². The van der Waals surface area contributed by atoms with Crippen LogP contribution >= 0.6 is 47.3 Å². The number of hydrogen-bond donors (Lipinski definition) is 7. The van der Waals surface area contributed by atoms with Crippen LogP contribution in [0.5, 0.6) is 0 Å². The number of phosphoric ester groups is 1. The molecule has 1 saturated heterocycles. The number of aliphatic hydroxyl groups is 1. The van der Waals surface area contributed by atoms with E-state index in [2.05, 4.69) is 29.5 Å². The number of hydrogen-bond acceptors (Lipinski definition) is 12. The number of fused-ring (bicyclic) bond motifs is 1. The van der Waals surface area contributed by atoms with Gasteiger partial charge in [-0.2, -0.15) is 13.6 Å². The molecule has 0 aliphatic carbocycles. The van der Waals surface area contributed by atoms with E-state index in [0.29, 0.717) is 0 Å². The van der Waals surface area contributed by atoms with E-state index >= 15 is 0 Å². The van der Waals surface area contributed by atoms with E-state index in [0.717, 1.165) is 6.92 Å². The Morgan fingerprint density at radius 1 is 1.34 bits per heavy atom. The highest BCUT2D eigenvalue weighted by atomic mass is 35.5. The summed E-state index contributed by atoms with van der Waals surface area (Å²) in [5, 5.41) is 10.8. The van der Waals surface area contributed by atoms with Gasteiger partial charge in [0.2, 0.25) is 5.95 Å². The number of halogens is 1. The fraction of sp³-hybridized carbons (Fsp3) is 0.462. The van der Waals surface area contributed by atoms with Gasteiger partial charge < -0.3 is 40.1 Å². The molecule has 1 fully saturated rings. The first kappa shape index (κ1) is 28.3. The first-order chi connectivity index (χ1) is 15.9. The molecule has 3 rings (SSSR count). The molecule has 0 spiro atoms. The Labute approximate surface area is 205 Å². The second-order valence-electron chi connectivity index (χ2n) is 6.99. The van der Waals surface area contributed by atoms with Gasteiger partial charge in [-0.1, -0.05) is 29.7 Å². The van der Waals surface area contributed by atoms with Gasteiger partial charge in [-0.05, 0) is 6.92 Å². The fourth-order valence-electron chi connectivity index (χ4n) is 3.18. The van der Waals surface area contributed by atoms with Crippen LogP contribution in [0.15, 0.2) is 6.33 Å². The molecule has 0 aromatic carbocycles. The molecule has 1 aliphatic heterocycles. The Balaban J connectivity index is 1.89. The third kappa shape index (κ3) is 6.02. The number of rotatable bonds is 8. The number of aliphatic hydroxyl groups excluding tert-OH is 1. The maximum Gasteiger partial charge on any atom is 0.490 e. The first-order valence-corrected chi connectivity index (χ1v) is 14.2. The second kappa shape index (κ2) is 9.56. The predicted octanol–water partition coefficient (Wildman–Crippen LogP) is 0.672. The molecule has 35 heavy (non-hydrogen) atoms. The van der Waals surface area contributed by atoms with Gasteiger partial charge in [-0.3, -0.25) is 9.09 Å². The van der Waals surface area contributed by atoms with Gasteiger partial charge in [0, 0.05) is 0 Å². The average Bonchev–Trinajstić information content (AvgIpc) is 3.18. The molecule has 0 bridgehead atoms. The summed E-state index contributed by atoms with van der Waals surface area (Å²) in [6, 6.07) is 0. The van der Waals surface area contributed by atoms with Crippen molar-refractivity contribution in [1.82, 2.24) is 19.5 Å². The maximum atomic E-state index is 12.2. The van der Waals surface area contributed by atoms with E-state index in [9.17, 15) is 28.6 Å². The Kier molecular flexibility index (Phi) is 7.74. The minimum absolute atomic E-state index is 0.0740. The van der Waals surface area contributed by atoms with Crippen LogP contribution < -0.4 is 5.73 Å². The van der Waals surface area contributed by atoms with Crippen molar-refractivity contribution in [2.45, 2.75) is 36.3 Å². The minimum atomic E-state index is -5.77. The van der Waals surface area contributed by atoms with E-state index in [1.807, 2.05) is 0 Å².